The molecule has 0 radical (unpaired) electrons. The Morgan fingerprint density at radius 2 is 1.86 bits per heavy atom. The molecule has 1 atom stereocenters. The van der Waals surface area contributed by atoms with E-state index in [1.807, 2.05) is 24.0 Å². The van der Waals surface area contributed by atoms with Crippen molar-refractivity contribution in [3.8, 4) is 5.75 Å². The Morgan fingerprint density at radius 1 is 1.11 bits per heavy atom. The smallest absolute Gasteiger partial charge is 0.338 e. The number of benzene rings is 1. The Bertz CT molecular complexity index is 933. The normalized spacial score (nSPS) is 19.2. The molecule has 4 amide bonds. The predicted molar refractivity (Wildman–Crippen MR) is 132 cm³/mol. The quantitative estimate of drug-likeness (QED) is 0.546. The molecule has 0 aromatic heterocycles. The van der Waals surface area contributed by atoms with Crippen LogP contribution in [0.1, 0.15) is 38.3 Å². The van der Waals surface area contributed by atoms with Gasteiger partial charge in [-0.15, -0.1) is 0 Å². The lowest BCUT2D eigenvalue weighted by Gasteiger charge is -2.36. The number of methoxy groups -OCH3 is 1. The first kappa shape index (κ1) is 26.3. The van der Waals surface area contributed by atoms with E-state index in [1.165, 1.54) is 4.90 Å². The van der Waals surface area contributed by atoms with Crippen LogP contribution in [0.5, 0.6) is 5.75 Å². The molecule has 35 heavy (non-hydrogen) atoms. The molecule has 0 bridgehead atoms. The van der Waals surface area contributed by atoms with Gasteiger partial charge in [0.05, 0.1) is 25.3 Å². The van der Waals surface area contributed by atoms with Crippen molar-refractivity contribution in [3.05, 3.63) is 41.1 Å². The number of esters is 1. The zero-order chi connectivity index (χ0) is 25.4. The summed E-state index contributed by atoms with van der Waals surface area (Å²) in [6, 6.07) is 6.31. The Labute approximate surface area is 207 Å². The fourth-order valence-electron chi connectivity index (χ4n) is 4.33. The van der Waals surface area contributed by atoms with Crippen LogP contribution in [0.4, 0.5) is 9.59 Å². The molecule has 0 saturated carbocycles. The number of nitrogens with one attached hydrogen (secondary N) is 2. The minimum Gasteiger partial charge on any atom is -0.497 e. The summed E-state index contributed by atoms with van der Waals surface area (Å²) in [5.41, 5.74) is 1.79. The average Bonchev–Trinajstić information content (AvgIpc) is 3.11. The molecule has 1 aromatic rings. The molecule has 2 N–H and O–H groups in total. The van der Waals surface area contributed by atoms with Crippen molar-refractivity contribution >= 4 is 18.0 Å². The third kappa shape index (κ3) is 6.45. The number of ether oxygens (including phenoxy) is 2. The molecular formula is C25H37N5O5. The van der Waals surface area contributed by atoms with E-state index < -0.39 is 12.0 Å². The lowest BCUT2D eigenvalue weighted by molar-refractivity contribution is -0.139. The van der Waals surface area contributed by atoms with Crippen LogP contribution < -0.4 is 15.4 Å². The highest BCUT2D eigenvalue weighted by atomic mass is 16.5. The van der Waals surface area contributed by atoms with Crippen molar-refractivity contribution in [2.45, 2.75) is 32.7 Å². The van der Waals surface area contributed by atoms with E-state index in [0.717, 1.165) is 24.9 Å². The predicted octanol–water partition coefficient (Wildman–Crippen LogP) is 2.34. The summed E-state index contributed by atoms with van der Waals surface area (Å²) < 4.78 is 10.7. The first-order valence-corrected chi connectivity index (χ1v) is 12.2. The molecule has 1 fully saturated rings. The Hall–Kier alpha value is -3.27. The van der Waals surface area contributed by atoms with Gasteiger partial charge in [0.15, 0.2) is 0 Å². The minimum atomic E-state index is -0.637. The number of carbonyl (C=O) groups excluding carboxylic acids is 3. The number of hydrogen-bond acceptors (Lipinski definition) is 6. The number of hydrogen-bond donors (Lipinski definition) is 2. The van der Waals surface area contributed by atoms with Crippen LogP contribution in [0.15, 0.2) is 35.5 Å². The van der Waals surface area contributed by atoms with Gasteiger partial charge in [-0.2, -0.15) is 0 Å². The molecule has 2 aliphatic heterocycles. The van der Waals surface area contributed by atoms with E-state index >= 15 is 0 Å². The fraction of sp³-hybridized carbons (Fsp3) is 0.560. The van der Waals surface area contributed by atoms with Gasteiger partial charge < -0.3 is 25.0 Å². The Balaban J connectivity index is 1.88. The van der Waals surface area contributed by atoms with Gasteiger partial charge in [-0.3, -0.25) is 9.80 Å². The van der Waals surface area contributed by atoms with Crippen molar-refractivity contribution in [1.29, 1.82) is 0 Å². The highest BCUT2D eigenvalue weighted by Crippen LogP contribution is 2.32. The van der Waals surface area contributed by atoms with Gasteiger partial charge in [-0.05, 0) is 37.5 Å². The summed E-state index contributed by atoms with van der Waals surface area (Å²) in [6.45, 7) is 7.70. The summed E-state index contributed by atoms with van der Waals surface area (Å²) in [5, 5.41) is 5.87. The standard InChI is InChI=1S/C25H37N5O5/c1-5-12-26-24(32)30-14-7-13-29(15-16-30)17-20-21(23(31)35-6-2)22(27-25(33)28(20)3)18-8-10-19(34-4)11-9-18/h8-11,22H,5-7,12-17H2,1-4H3,(H,26,32)(H,27,33)/t22-/m1/s1. The molecule has 192 valence electrons. The second kappa shape index (κ2) is 12.4. The molecule has 2 aliphatic rings. The third-order valence-electron chi connectivity index (χ3n) is 6.30. The Kier molecular flexibility index (Phi) is 9.36. The molecule has 1 aromatic carbocycles. The molecule has 0 spiro atoms. The van der Waals surface area contributed by atoms with Gasteiger partial charge in [0.2, 0.25) is 0 Å². The maximum Gasteiger partial charge on any atom is 0.338 e. The summed E-state index contributed by atoms with van der Waals surface area (Å²) in [7, 11) is 3.25. The van der Waals surface area contributed by atoms with Crippen LogP contribution in [0.25, 0.3) is 0 Å². The van der Waals surface area contributed by atoms with E-state index in [1.54, 1.807) is 33.2 Å². The van der Waals surface area contributed by atoms with Crippen molar-refractivity contribution < 1.29 is 23.9 Å². The van der Waals surface area contributed by atoms with Crippen LogP contribution in [-0.2, 0) is 9.53 Å². The second-order valence-corrected chi connectivity index (χ2v) is 8.64. The van der Waals surface area contributed by atoms with E-state index in [2.05, 4.69) is 15.5 Å². The molecule has 2 heterocycles. The molecule has 10 heteroatoms. The van der Waals surface area contributed by atoms with E-state index in [4.69, 9.17) is 9.47 Å². The summed E-state index contributed by atoms with van der Waals surface area (Å²) in [6.07, 6.45) is 1.69. The average molecular weight is 488 g/mol. The van der Waals surface area contributed by atoms with Crippen LogP contribution in [0, 0.1) is 0 Å². The molecular weight excluding hydrogens is 450 g/mol. The molecule has 3 rings (SSSR count). The second-order valence-electron chi connectivity index (χ2n) is 8.64. The first-order chi connectivity index (χ1) is 16.9. The first-order valence-electron chi connectivity index (χ1n) is 12.2. The fourth-order valence-corrected chi connectivity index (χ4v) is 4.33. The van der Waals surface area contributed by atoms with E-state index in [9.17, 15) is 14.4 Å². The van der Waals surface area contributed by atoms with E-state index in [-0.39, 0.29) is 18.7 Å². The van der Waals surface area contributed by atoms with Gasteiger partial charge in [0.1, 0.15) is 5.75 Å². The number of nitrogens with zero attached hydrogens (tertiary/aromatic N) is 3. The zero-order valence-corrected chi connectivity index (χ0v) is 21.1. The summed E-state index contributed by atoms with van der Waals surface area (Å²) in [5.74, 6) is 0.234. The number of urea groups is 2. The topological polar surface area (TPSA) is 103 Å². The van der Waals surface area contributed by atoms with Crippen LogP contribution in [0.3, 0.4) is 0 Å². The monoisotopic (exact) mass is 487 g/mol. The summed E-state index contributed by atoms with van der Waals surface area (Å²) >= 11 is 0. The van der Waals surface area contributed by atoms with Gasteiger partial charge in [0.25, 0.3) is 0 Å². The number of amides is 4. The van der Waals surface area contributed by atoms with Crippen molar-refractivity contribution in [3.63, 3.8) is 0 Å². The van der Waals surface area contributed by atoms with Crippen LogP contribution in [-0.4, -0.2) is 92.8 Å². The highest BCUT2D eigenvalue weighted by molar-refractivity contribution is 5.95. The maximum absolute atomic E-state index is 13.2. The SMILES string of the molecule is CCCNC(=O)N1CCCN(CC2=C(C(=O)OCC)[C@@H](c3ccc(OC)cc3)NC(=O)N2C)CC1. The van der Waals surface area contributed by atoms with Gasteiger partial charge >= 0.3 is 18.0 Å². The maximum atomic E-state index is 13.2. The number of rotatable bonds is 8. The van der Waals surface area contributed by atoms with Gasteiger partial charge in [0, 0.05) is 52.0 Å². The van der Waals surface area contributed by atoms with Crippen molar-refractivity contribution in [2.24, 2.45) is 0 Å². The van der Waals surface area contributed by atoms with Crippen LogP contribution >= 0.6 is 0 Å². The van der Waals surface area contributed by atoms with Crippen molar-refractivity contribution in [2.75, 3.05) is 60.0 Å². The molecule has 0 aliphatic carbocycles. The lowest BCUT2D eigenvalue weighted by Crippen LogP contribution is -2.49. The minimum absolute atomic E-state index is 0.0474. The summed E-state index contributed by atoms with van der Waals surface area (Å²) in [4.78, 5) is 44.0. The van der Waals surface area contributed by atoms with Gasteiger partial charge in [-0.1, -0.05) is 19.1 Å². The molecule has 10 nitrogen and oxygen atoms in total. The highest BCUT2D eigenvalue weighted by Gasteiger charge is 2.37. The van der Waals surface area contributed by atoms with Crippen molar-refractivity contribution in [1.82, 2.24) is 25.3 Å². The molecule has 0 unspecified atom stereocenters. The zero-order valence-electron chi connectivity index (χ0n) is 21.1. The lowest BCUT2D eigenvalue weighted by atomic mass is 9.94. The number of likely N-dealkylation sites (N-methyl/N-ethyl adjacent to an activating group) is 1. The largest absolute Gasteiger partial charge is 0.497 e. The van der Waals surface area contributed by atoms with Crippen LogP contribution in [0.2, 0.25) is 0 Å². The third-order valence-corrected chi connectivity index (χ3v) is 6.30. The van der Waals surface area contributed by atoms with E-state index in [0.29, 0.717) is 49.7 Å². The number of carbonyl (C=O) groups is 3. The molecule has 1 saturated heterocycles. The Morgan fingerprint density at radius 3 is 2.51 bits per heavy atom. The van der Waals surface area contributed by atoms with Gasteiger partial charge in [-0.25, -0.2) is 14.4 Å².